The van der Waals surface area contributed by atoms with Gasteiger partial charge in [-0.2, -0.15) is 0 Å². The first-order valence-corrected chi connectivity index (χ1v) is 7.03. The quantitative estimate of drug-likeness (QED) is 0.502. The number of benzene rings is 1. The number of para-hydroxylation sites is 1. The number of amides is 2. The summed E-state index contributed by atoms with van der Waals surface area (Å²) in [6.07, 6.45) is -0.355. The van der Waals surface area contributed by atoms with Crippen molar-refractivity contribution in [1.29, 1.82) is 0 Å². The van der Waals surface area contributed by atoms with E-state index >= 15 is 0 Å². The summed E-state index contributed by atoms with van der Waals surface area (Å²) >= 11 is 0. The van der Waals surface area contributed by atoms with Gasteiger partial charge >= 0.3 is 12.0 Å². The highest BCUT2D eigenvalue weighted by Crippen LogP contribution is 2.33. The predicted molar refractivity (Wildman–Crippen MR) is 81.4 cm³/mol. The van der Waals surface area contributed by atoms with Crippen molar-refractivity contribution < 1.29 is 19.2 Å². The fourth-order valence-corrected chi connectivity index (χ4v) is 2.37. The van der Waals surface area contributed by atoms with E-state index < -0.39 is 23.0 Å². The number of rotatable bonds is 4. The molecule has 1 aliphatic heterocycles. The lowest BCUT2D eigenvalue weighted by Crippen LogP contribution is -2.45. The Bertz CT molecular complexity index is 696. The zero-order chi connectivity index (χ0) is 17.1. The molecular formula is C15H17N3O5. The maximum Gasteiger partial charge on any atom is 0.338 e. The lowest BCUT2D eigenvalue weighted by Gasteiger charge is -2.28. The van der Waals surface area contributed by atoms with Gasteiger partial charge in [0.15, 0.2) is 0 Å². The first-order chi connectivity index (χ1) is 10.8. The molecule has 0 aliphatic carbocycles. The average molecular weight is 319 g/mol. The first kappa shape index (κ1) is 16.5. The summed E-state index contributed by atoms with van der Waals surface area (Å²) in [5, 5.41) is 16.3. The van der Waals surface area contributed by atoms with E-state index in [0.717, 1.165) is 0 Å². The zero-order valence-electron chi connectivity index (χ0n) is 13.0. The molecule has 23 heavy (non-hydrogen) atoms. The van der Waals surface area contributed by atoms with Gasteiger partial charge in [0, 0.05) is 11.8 Å². The summed E-state index contributed by atoms with van der Waals surface area (Å²) in [6, 6.07) is 4.47. The predicted octanol–water partition coefficient (Wildman–Crippen LogP) is 2.17. The number of esters is 1. The van der Waals surface area contributed by atoms with Gasteiger partial charge in [-0.25, -0.2) is 9.59 Å². The van der Waals surface area contributed by atoms with Crippen molar-refractivity contribution in [2.45, 2.75) is 32.9 Å². The third-order valence-corrected chi connectivity index (χ3v) is 3.28. The molecule has 1 unspecified atom stereocenters. The van der Waals surface area contributed by atoms with Crippen molar-refractivity contribution in [2.24, 2.45) is 0 Å². The number of allylic oxidation sites excluding steroid dienone is 1. The summed E-state index contributed by atoms with van der Waals surface area (Å²) in [4.78, 5) is 34.8. The van der Waals surface area contributed by atoms with Crippen LogP contribution < -0.4 is 10.6 Å². The number of carbonyl (C=O) groups excluding carboxylic acids is 2. The summed E-state index contributed by atoms with van der Waals surface area (Å²) < 4.78 is 5.19. The number of hydrogen-bond acceptors (Lipinski definition) is 5. The molecular weight excluding hydrogens is 302 g/mol. The molecule has 122 valence electrons. The van der Waals surface area contributed by atoms with E-state index in [-0.39, 0.29) is 22.9 Å². The SMILES string of the molecule is CC1=C(C(=O)OC(C)C)C(c2ccccc2[N+](=O)[O-])NC(=O)N1. The van der Waals surface area contributed by atoms with Crippen molar-refractivity contribution >= 4 is 17.7 Å². The van der Waals surface area contributed by atoms with E-state index in [0.29, 0.717) is 5.70 Å². The van der Waals surface area contributed by atoms with Crippen molar-refractivity contribution in [1.82, 2.24) is 10.6 Å². The van der Waals surface area contributed by atoms with Crippen LogP contribution in [0.15, 0.2) is 35.5 Å². The third kappa shape index (κ3) is 3.47. The molecule has 2 amide bonds. The van der Waals surface area contributed by atoms with E-state index in [1.54, 1.807) is 26.8 Å². The lowest BCUT2D eigenvalue weighted by atomic mass is 9.94. The molecule has 0 saturated carbocycles. The molecule has 1 aromatic rings. The molecule has 0 fully saturated rings. The topological polar surface area (TPSA) is 111 Å². The van der Waals surface area contributed by atoms with E-state index in [1.807, 2.05) is 0 Å². The highest BCUT2D eigenvalue weighted by Gasteiger charge is 2.35. The molecule has 0 saturated heterocycles. The Balaban J connectivity index is 2.54. The molecule has 1 aliphatic rings. The van der Waals surface area contributed by atoms with Crippen LogP contribution in [0.5, 0.6) is 0 Å². The Kier molecular flexibility index (Phi) is 4.63. The highest BCUT2D eigenvalue weighted by molar-refractivity contribution is 5.95. The van der Waals surface area contributed by atoms with E-state index in [4.69, 9.17) is 4.74 Å². The van der Waals surface area contributed by atoms with Gasteiger partial charge in [-0.15, -0.1) is 0 Å². The minimum Gasteiger partial charge on any atom is -0.459 e. The summed E-state index contributed by atoms with van der Waals surface area (Å²) in [7, 11) is 0. The molecule has 0 aromatic heterocycles. The van der Waals surface area contributed by atoms with Gasteiger partial charge in [-0.1, -0.05) is 12.1 Å². The van der Waals surface area contributed by atoms with Gasteiger partial charge in [-0.05, 0) is 26.8 Å². The van der Waals surface area contributed by atoms with Crippen LogP contribution in [0, 0.1) is 10.1 Å². The molecule has 1 aromatic carbocycles. The summed E-state index contributed by atoms with van der Waals surface area (Å²) in [5.74, 6) is -0.631. The Hall–Kier alpha value is -2.90. The third-order valence-electron chi connectivity index (χ3n) is 3.28. The molecule has 0 bridgehead atoms. The second-order valence-corrected chi connectivity index (χ2v) is 5.34. The maximum atomic E-state index is 12.3. The summed E-state index contributed by atoms with van der Waals surface area (Å²) in [5.41, 5.74) is 0.500. The summed E-state index contributed by atoms with van der Waals surface area (Å²) in [6.45, 7) is 4.95. The first-order valence-electron chi connectivity index (χ1n) is 7.03. The Labute approximate surface area is 132 Å². The second kappa shape index (κ2) is 6.47. The lowest BCUT2D eigenvalue weighted by molar-refractivity contribution is -0.385. The number of nitro groups is 1. The zero-order valence-corrected chi connectivity index (χ0v) is 13.0. The van der Waals surface area contributed by atoms with Crippen LogP contribution in [0.2, 0.25) is 0 Å². The number of hydrogen-bond donors (Lipinski definition) is 2. The second-order valence-electron chi connectivity index (χ2n) is 5.34. The minimum absolute atomic E-state index is 0.146. The minimum atomic E-state index is -0.948. The normalized spacial score (nSPS) is 17.6. The Morgan fingerprint density at radius 3 is 2.61 bits per heavy atom. The van der Waals surface area contributed by atoms with E-state index in [1.165, 1.54) is 18.2 Å². The Morgan fingerprint density at radius 2 is 2.00 bits per heavy atom. The van der Waals surface area contributed by atoms with Crippen LogP contribution in [0.3, 0.4) is 0 Å². The molecule has 8 nitrogen and oxygen atoms in total. The van der Waals surface area contributed by atoms with Crippen LogP contribution >= 0.6 is 0 Å². The molecule has 2 N–H and O–H groups in total. The van der Waals surface area contributed by atoms with E-state index in [9.17, 15) is 19.7 Å². The fraction of sp³-hybridized carbons (Fsp3) is 0.333. The number of carbonyl (C=O) groups is 2. The number of nitrogens with zero attached hydrogens (tertiary/aromatic N) is 1. The molecule has 2 rings (SSSR count). The van der Waals surface area contributed by atoms with Crippen LogP contribution in [-0.4, -0.2) is 23.0 Å². The number of ether oxygens (including phenoxy) is 1. The van der Waals surface area contributed by atoms with Crippen LogP contribution in [0.25, 0.3) is 0 Å². The van der Waals surface area contributed by atoms with Gasteiger partial charge in [-0.3, -0.25) is 10.1 Å². The fourth-order valence-electron chi connectivity index (χ4n) is 2.37. The van der Waals surface area contributed by atoms with Gasteiger partial charge in [0.2, 0.25) is 0 Å². The smallest absolute Gasteiger partial charge is 0.338 e. The average Bonchev–Trinajstić information content (AvgIpc) is 2.45. The van der Waals surface area contributed by atoms with Crippen LogP contribution in [0.1, 0.15) is 32.4 Å². The molecule has 0 spiro atoms. The van der Waals surface area contributed by atoms with Gasteiger partial charge in [0.05, 0.1) is 28.2 Å². The molecule has 1 atom stereocenters. The van der Waals surface area contributed by atoms with Crippen molar-refractivity contribution in [3.63, 3.8) is 0 Å². The van der Waals surface area contributed by atoms with Crippen LogP contribution in [0.4, 0.5) is 10.5 Å². The molecule has 1 heterocycles. The highest BCUT2D eigenvalue weighted by atomic mass is 16.6. The van der Waals surface area contributed by atoms with Gasteiger partial charge < -0.3 is 15.4 Å². The van der Waals surface area contributed by atoms with Gasteiger partial charge in [0.1, 0.15) is 0 Å². The van der Waals surface area contributed by atoms with Gasteiger partial charge in [0.25, 0.3) is 5.69 Å². The monoisotopic (exact) mass is 319 g/mol. The number of urea groups is 1. The standard InChI is InChI=1S/C15H17N3O5/c1-8(2)23-14(19)12-9(3)16-15(20)17-13(12)10-6-4-5-7-11(10)18(21)22/h4-8,13H,1-3H3,(H2,16,17,20). The number of nitrogens with one attached hydrogen (secondary N) is 2. The molecule has 0 radical (unpaired) electrons. The Morgan fingerprint density at radius 1 is 1.35 bits per heavy atom. The van der Waals surface area contributed by atoms with E-state index in [2.05, 4.69) is 10.6 Å². The van der Waals surface area contributed by atoms with Crippen LogP contribution in [-0.2, 0) is 9.53 Å². The largest absolute Gasteiger partial charge is 0.459 e. The number of nitro benzene ring substituents is 1. The van der Waals surface area contributed by atoms with Crippen molar-refractivity contribution in [3.05, 3.63) is 51.2 Å². The molecule has 8 heteroatoms. The maximum absolute atomic E-state index is 12.3. The van der Waals surface area contributed by atoms with Crippen molar-refractivity contribution in [3.8, 4) is 0 Å². The van der Waals surface area contributed by atoms with Crippen molar-refractivity contribution in [2.75, 3.05) is 0 Å².